The Balaban J connectivity index is 0.000000690. The van der Waals surface area contributed by atoms with Crippen molar-refractivity contribution in [1.29, 1.82) is 0 Å². The molecule has 118 valence electrons. The molecular formula is C10H14NO8PS. The molecule has 0 aromatic heterocycles. The number of benzene rings is 1. The Bertz CT molecular complexity index is 562. The van der Waals surface area contributed by atoms with Crippen molar-refractivity contribution in [3.63, 3.8) is 0 Å². The maximum Gasteiger partial charge on any atom is 0.342 e. The minimum Gasteiger partial charge on any atom is -0.507 e. The molecule has 4 N–H and O–H groups in total. The second-order valence-corrected chi connectivity index (χ2v) is 6.42. The molecule has 0 amide bonds. The molecule has 21 heavy (non-hydrogen) atoms. The number of carbonyl (C=O) groups is 1. The number of esters is 1. The molecular weight excluding hydrogens is 325 g/mol. The van der Waals surface area contributed by atoms with E-state index in [0.29, 0.717) is 0 Å². The van der Waals surface area contributed by atoms with Crippen LogP contribution in [-0.2, 0) is 16.5 Å². The van der Waals surface area contributed by atoms with Crippen LogP contribution < -0.4 is 0 Å². The number of hydrogen-bond donors (Lipinski definition) is 4. The number of rotatable bonds is 3. The predicted octanol–water partition coefficient (Wildman–Crippen LogP) is 1.05. The summed E-state index contributed by atoms with van der Waals surface area (Å²) in [7, 11) is 0. The average molecular weight is 339 g/mol. The van der Waals surface area contributed by atoms with E-state index in [1.54, 1.807) is 13.8 Å². The highest BCUT2D eigenvalue weighted by Crippen LogP contribution is 2.26. The van der Waals surface area contributed by atoms with Gasteiger partial charge in [0.15, 0.2) is 0 Å². The molecule has 0 spiro atoms. The van der Waals surface area contributed by atoms with Crippen molar-refractivity contribution in [2.75, 3.05) is 0 Å². The van der Waals surface area contributed by atoms with E-state index in [9.17, 15) is 20.0 Å². The molecule has 1 aromatic rings. The highest BCUT2D eigenvalue weighted by atomic mass is 32.5. The lowest BCUT2D eigenvalue weighted by Gasteiger charge is -2.08. The second kappa shape index (κ2) is 8.01. The number of nitrogens with zero attached hydrogens (tertiary/aromatic N) is 1. The minimum atomic E-state index is -3.81. The molecule has 0 aliphatic heterocycles. The van der Waals surface area contributed by atoms with Crippen LogP contribution in [-0.4, -0.2) is 36.8 Å². The number of non-ortho nitro benzene ring substituents is 1. The number of nitro groups is 1. The molecule has 1 aromatic carbocycles. The summed E-state index contributed by atoms with van der Waals surface area (Å²) in [6.07, 6.45) is -0.318. The first-order valence-electron chi connectivity index (χ1n) is 5.38. The first-order valence-corrected chi connectivity index (χ1v) is 8.04. The summed E-state index contributed by atoms with van der Waals surface area (Å²) >= 11 is 3.60. The van der Waals surface area contributed by atoms with E-state index in [1.807, 2.05) is 0 Å². The summed E-state index contributed by atoms with van der Waals surface area (Å²) in [5.74, 6) is -1.16. The normalized spacial score (nSPS) is 10.6. The zero-order chi connectivity index (χ0) is 16.8. The number of phenolic OH excluding ortho intramolecular Hbond substituents is 1. The van der Waals surface area contributed by atoms with E-state index >= 15 is 0 Å². The lowest BCUT2D eigenvalue weighted by molar-refractivity contribution is -0.384. The van der Waals surface area contributed by atoms with E-state index in [4.69, 9.17) is 19.4 Å². The third kappa shape index (κ3) is 9.05. The molecule has 0 bridgehead atoms. The van der Waals surface area contributed by atoms with Crippen LogP contribution in [0.1, 0.15) is 24.2 Å². The van der Waals surface area contributed by atoms with Crippen LogP contribution in [0.25, 0.3) is 0 Å². The van der Waals surface area contributed by atoms with Gasteiger partial charge in [0.05, 0.1) is 17.1 Å². The number of aromatic hydroxyl groups is 1. The number of nitro benzene ring substituents is 1. The summed E-state index contributed by atoms with van der Waals surface area (Å²) in [6.45, 7) is -0.472. The fraction of sp³-hybridized carbons (Fsp3) is 0.300. The molecule has 11 heteroatoms. The van der Waals surface area contributed by atoms with Gasteiger partial charge in [-0.25, -0.2) is 4.79 Å². The van der Waals surface area contributed by atoms with E-state index in [-0.39, 0.29) is 17.4 Å². The predicted molar refractivity (Wildman–Crippen MR) is 76.3 cm³/mol. The van der Waals surface area contributed by atoms with Gasteiger partial charge in [0.25, 0.3) is 5.69 Å². The summed E-state index contributed by atoms with van der Waals surface area (Å²) in [5.41, 5.74) is -0.363. The minimum absolute atomic E-state index is 0.0840. The zero-order valence-corrected chi connectivity index (χ0v) is 12.7. The van der Waals surface area contributed by atoms with Crippen LogP contribution >= 0.6 is 6.72 Å². The number of phenols is 1. The molecule has 0 radical (unpaired) electrons. The first-order chi connectivity index (χ1) is 9.41. The Labute approximate surface area is 124 Å². The fourth-order valence-electron chi connectivity index (χ4n) is 1.08. The molecule has 0 fully saturated rings. The monoisotopic (exact) mass is 339 g/mol. The van der Waals surface area contributed by atoms with Gasteiger partial charge in [0.2, 0.25) is 0 Å². The van der Waals surface area contributed by atoms with E-state index < -0.39 is 23.4 Å². The first kappa shape index (κ1) is 19.4. The molecule has 9 nitrogen and oxygen atoms in total. The van der Waals surface area contributed by atoms with Crippen LogP contribution in [0.3, 0.4) is 0 Å². The van der Waals surface area contributed by atoms with E-state index in [2.05, 4.69) is 11.8 Å². The highest BCUT2D eigenvalue weighted by Gasteiger charge is 2.17. The topological polar surface area (TPSA) is 150 Å². The second-order valence-electron chi connectivity index (χ2n) is 3.93. The van der Waals surface area contributed by atoms with Gasteiger partial charge < -0.3 is 24.5 Å². The maximum absolute atomic E-state index is 11.4. The van der Waals surface area contributed by atoms with Crippen molar-refractivity contribution in [1.82, 2.24) is 0 Å². The Morgan fingerprint density at radius 3 is 2.19 bits per heavy atom. The summed E-state index contributed by atoms with van der Waals surface area (Å²) in [6, 6.07) is 3.21. The van der Waals surface area contributed by atoms with Crippen LogP contribution in [0.2, 0.25) is 0 Å². The van der Waals surface area contributed by atoms with Gasteiger partial charge in [-0.05, 0) is 31.7 Å². The van der Waals surface area contributed by atoms with Gasteiger partial charge in [0, 0.05) is 6.07 Å². The van der Waals surface area contributed by atoms with Crippen molar-refractivity contribution < 1.29 is 34.2 Å². The molecule has 0 atom stereocenters. The van der Waals surface area contributed by atoms with Crippen molar-refractivity contribution in [2.45, 2.75) is 20.0 Å². The van der Waals surface area contributed by atoms with Crippen molar-refractivity contribution in [2.24, 2.45) is 0 Å². The highest BCUT2D eigenvalue weighted by molar-refractivity contribution is 8.06. The smallest absolute Gasteiger partial charge is 0.342 e. The lowest BCUT2D eigenvalue weighted by atomic mass is 10.2. The Hall–Kier alpha value is -1.58. The van der Waals surface area contributed by atoms with Crippen LogP contribution in [0.4, 0.5) is 5.69 Å². The molecule has 0 unspecified atom stereocenters. The Morgan fingerprint density at radius 2 is 1.86 bits per heavy atom. The molecule has 0 aliphatic rings. The molecule has 0 saturated heterocycles. The fourth-order valence-corrected chi connectivity index (χ4v) is 1.08. The van der Waals surface area contributed by atoms with Crippen LogP contribution in [0.15, 0.2) is 18.2 Å². The van der Waals surface area contributed by atoms with Gasteiger partial charge in [-0.3, -0.25) is 10.1 Å². The largest absolute Gasteiger partial charge is 0.507 e. The van der Waals surface area contributed by atoms with E-state index in [1.165, 1.54) is 0 Å². The number of carbonyl (C=O) groups excluding carboxylic acids is 1. The van der Waals surface area contributed by atoms with Gasteiger partial charge in [0.1, 0.15) is 11.3 Å². The number of ether oxygens (including phenoxy) is 1. The molecule has 0 heterocycles. The number of hydrogen-bond acceptors (Lipinski definition) is 6. The zero-order valence-electron chi connectivity index (χ0n) is 11.0. The lowest BCUT2D eigenvalue weighted by Crippen LogP contribution is -2.11. The van der Waals surface area contributed by atoms with Gasteiger partial charge in [-0.15, -0.1) is 0 Å². The third-order valence-electron chi connectivity index (χ3n) is 1.75. The quantitative estimate of drug-likeness (QED) is 0.274. The van der Waals surface area contributed by atoms with Crippen molar-refractivity contribution in [3.05, 3.63) is 33.9 Å². The molecule has 0 aliphatic carbocycles. The summed E-state index contributed by atoms with van der Waals surface area (Å²) in [5, 5.41) is 19.8. The third-order valence-corrected chi connectivity index (χ3v) is 1.75. The van der Waals surface area contributed by atoms with Crippen molar-refractivity contribution in [3.8, 4) is 5.75 Å². The maximum atomic E-state index is 11.4. The summed E-state index contributed by atoms with van der Waals surface area (Å²) in [4.78, 5) is 43.8. The standard InChI is InChI=1S/C10H11NO5.H3O3PS/c1-6(2)16-10(13)8-4-3-7(11(14)15)5-9(8)12;1-4(2,3)5/h3-6,12H,1-2H3;(H3,1,2,3,5). The molecule has 0 saturated carbocycles. The van der Waals surface area contributed by atoms with Gasteiger partial charge >= 0.3 is 12.7 Å². The average Bonchev–Trinajstić information content (AvgIpc) is 2.25. The van der Waals surface area contributed by atoms with Crippen molar-refractivity contribution >= 4 is 30.2 Å². The Kier molecular flexibility index (Phi) is 7.41. The van der Waals surface area contributed by atoms with Crippen LogP contribution in [0.5, 0.6) is 5.75 Å². The SMILES string of the molecule is CC(C)OC(=O)c1ccc([N+](=O)[O-])cc1O.OP(O)(O)=S. The van der Waals surface area contributed by atoms with E-state index in [0.717, 1.165) is 18.2 Å². The molecule has 1 rings (SSSR count). The van der Waals surface area contributed by atoms with Gasteiger partial charge in [-0.2, -0.15) is 0 Å². The summed E-state index contributed by atoms with van der Waals surface area (Å²) < 4.78 is 4.85. The Morgan fingerprint density at radius 1 is 1.38 bits per heavy atom. The van der Waals surface area contributed by atoms with Crippen LogP contribution in [0, 0.1) is 10.1 Å². The van der Waals surface area contributed by atoms with Gasteiger partial charge in [-0.1, -0.05) is 0 Å².